The molecule has 8 heteroatoms. The predicted octanol–water partition coefficient (Wildman–Crippen LogP) is 5.41. The second-order valence-corrected chi connectivity index (χ2v) is 11.5. The number of para-hydroxylation sites is 1. The van der Waals surface area contributed by atoms with E-state index in [-0.39, 0.29) is 18.7 Å². The third-order valence-electron chi connectivity index (χ3n) is 7.56. The minimum atomic E-state index is -0.954. The quantitative estimate of drug-likeness (QED) is 0.206. The molecule has 0 fully saturated rings. The van der Waals surface area contributed by atoms with Gasteiger partial charge in [-0.2, -0.15) is 11.3 Å². The van der Waals surface area contributed by atoms with Crippen LogP contribution in [-0.2, 0) is 22.4 Å². The first-order chi connectivity index (χ1) is 20.2. The van der Waals surface area contributed by atoms with E-state index in [2.05, 4.69) is 21.7 Å². The van der Waals surface area contributed by atoms with Gasteiger partial charge in [0.1, 0.15) is 12.1 Å². The summed E-state index contributed by atoms with van der Waals surface area (Å²) in [7, 11) is 1.63. The molecule has 3 amide bonds. The first kappa shape index (κ1) is 28.8. The number of hydrogen-bond donors (Lipinski definition) is 3. The summed E-state index contributed by atoms with van der Waals surface area (Å²) in [5, 5.41) is 7.94. The fourth-order valence-electron chi connectivity index (χ4n) is 5.35. The second kappa shape index (κ2) is 12.4. The zero-order valence-electron chi connectivity index (χ0n) is 23.9. The Bertz CT molecular complexity index is 1700. The van der Waals surface area contributed by atoms with Crippen LogP contribution in [-0.4, -0.2) is 46.7 Å². The van der Waals surface area contributed by atoms with Gasteiger partial charge < -0.3 is 20.9 Å². The number of hydrogen-bond acceptors (Lipinski definition) is 4. The van der Waals surface area contributed by atoms with Gasteiger partial charge in [-0.1, -0.05) is 59.7 Å². The van der Waals surface area contributed by atoms with Crippen LogP contribution >= 0.6 is 11.3 Å². The minimum Gasteiger partial charge on any atom is -0.368 e. The smallest absolute Gasteiger partial charge is 0.254 e. The van der Waals surface area contributed by atoms with Crippen molar-refractivity contribution in [1.82, 2.24) is 15.2 Å². The van der Waals surface area contributed by atoms with E-state index >= 15 is 0 Å². The van der Waals surface area contributed by atoms with E-state index < -0.39 is 23.9 Å². The molecule has 0 spiro atoms. The molecule has 0 radical (unpaired) electrons. The van der Waals surface area contributed by atoms with Crippen LogP contribution < -0.4 is 11.1 Å². The average Bonchev–Trinajstić information content (AvgIpc) is 3.65. The van der Waals surface area contributed by atoms with Crippen LogP contribution in [0.3, 0.4) is 0 Å². The van der Waals surface area contributed by atoms with Gasteiger partial charge in [0.25, 0.3) is 5.91 Å². The molecule has 0 aliphatic rings. The number of fused-ring (bicyclic) bond motifs is 1. The van der Waals surface area contributed by atoms with Crippen molar-refractivity contribution in [1.29, 1.82) is 0 Å². The number of thiophene rings is 1. The van der Waals surface area contributed by atoms with Crippen molar-refractivity contribution in [3.8, 4) is 11.1 Å². The predicted molar refractivity (Wildman–Crippen MR) is 168 cm³/mol. The molecular formula is C34H34N4O3S. The number of nitrogens with one attached hydrogen (secondary N) is 2. The van der Waals surface area contributed by atoms with E-state index in [4.69, 9.17) is 5.73 Å². The molecule has 0 saturated carbocycles. The van der Waals surface area contributed by atoms with E-state index in [1.807, 2.05) is 92.2 Å². The number of amides is 3. The Labute approximate surface area is 249 Å². The van der Waals surface area contributed by atoms with Gasteiger partial charge in [0.2, 0.25) is 11.8 Å². The molecule has 0 bridgehead atoms. The van der Waals surface area contributed by atoms with Crippen molar-refractivity contribution in [2.75, 3.05) is 7.05 Å². The SMILES string of the molecule is Cc1cc(C)cc(C(=O)N(C)[C@@H](Cc2ccc(-c3ccsc3)cc2)C(=O)N[C@@H](Cc2c[nH]c3ccccc23)C(N)=O)c1. The second-order valence-electron chi connectivity index (χ2n) is 10.7. The van der Waals surface area contributed by atoms with Gasteiger partial charge in [-0.25, -0.2) is 0 Å². The lowest BCUT2D eigenvalue weighted by atomic mass is 9.99. The number of carbonyl (C=O) groups excluding carboxylic acids is 3. The van der Waals surface area contributed by atoms with Crippen molar-refractivity contribution < 1.29 is 14.4 Å². The number of benzene rings is 3. The Balaban J connectivity index is 1.42. The number of likely N-dealkylation sites (N-methyl/N-ethyl adjacent to an activating group) is 1. The first-order valence-electron chi connectivity index (χ1n) is 13.8. The number of nitrogens with two attached hydrogens (primary N) is 1. The molecule has 0 aliphatic heterocycles. The van der Waals surface area contributed by atoms with E-state index in [0.29, 0.717) is 5.56 Å². The van der Waals surface area contributed by atoms with Crippen LogP contribution in [0.1, 0.15) is 32.6 Å². The normalized spacial score (nSPS) is 12.5. The lowest BCUT2D eigenvalue weighted by Gasteiger charge is -2.29. The summed E-state index contributed by atoms with van der Waals surface area (Å²) >= 11 is 1.63. The Morgan fingerprint density at radius 3 is 2.31 bits per heavy atom. The summed E-state index contributed by atoms with van der Waals surface area (Å²) in [6.07, 6.45) is 2.32. The van der Waals surface area contributed by atoms with Crippen molar-refractivity contribution in [3.63, 3.8) is 0 Å². The maximum absolute atomic E-state index is 13.9. The van der Waals surface area contributed by atoms with Crippen LogP contribution in [0, 0.1) is 13.8 Å². The van der Waals surface area contributed by atoms with Gasteiger partial charge in [-0.05, 0) is 71.1 Å². The molecule has 2 atom stereocenters. The molecule has 5 rings (SSSR count). The van der Waals surface area contributed by atoms with E-state index in [9.17, 15) is 14.4 Å². The molecule has 214 valence electrons. The van der Waals surface area contributed by atoms with Crippen molar-refractivity contribution in [2.24, 2.45) is 5.73 Å². The highest BCUT2D eigenvalue weighted by molar-refractivity contribution is 7.08. The standard InChI is InChI=1S/C34H34N4O3S/c1-21-14-22(2)16-26(15-21)34(41)38(3)31(17-23-8-10-24(11-9-23)25-12-13-42-20-25)33(40)37-30(32(35)39)18-27-19-36-29-7-5-4-6-28(27)29/h4-16,19-20,30-31,36H,17-18H2,1-3H3,(H2,35,39)(H,37,40)/t30-,31-/m0/s1. The number of aromatic amines is 1. The molecule has 5 aromatic rings. The molecule has 0 unspecified atom stereocenters. The van der Waals surface area contributed by atoms with Crippen LogP contribution in [0.5, 0.6) is 0 Å². The molecule has 4 N–H and O–H groups in total. The minimum absolute atomic E-state index is 0.224. The first-order valence-corrected chi connectivity index (χ1v) is 14.8. The molecule has 0 saturated heterocycles. The van der Waals surface area contributed by atoms with Crippen molar-refractivity contribution >= 4 is 40.0 Å². The number of nitrogens with zero attached hydrogens (tertiary/aromatic N) is 1. The number of rotatable bonds is 10. The van der Waals surface area contributed by atoms with Crippen LogP contribution in [0.2, 0.25) is 0 Å². The monoisotopic (exact) mass is 578 g/mol. The van der Waals surface area contributed by atoms with Crippen molar-refractivity contribution in [3.05, 3.63) is 118 Å². The molecule has 42 heavy (non-hydrogen) atoms. The highest BCUT2D eigenvalue weighted by Gasteiger charge is 2.31. The van der Waals surface area contributed by atoms with Gasteiger partial charge in [0.05, 0.1) is 0 Å². The van der Waals surface area contributed by atoms with E-state index in [1.165, 1.54) is 4.90 Å². The Morgan fingerprint density at radius 2 is 1.64 bits per heavy atom. The third-order valence-corrected chi connectivity index (χ3v) is 8.24. The van der Waals surface area contributed by atoms with Crippen LogP contribution in [0.25, 0.3) is 22.0 Å². The van der Waals surface area contributed by atoms with Gasteiger partial charge in [-0.15, -0.1) is 0 Å². The van der Waals surface area contributed by atoms with Gasteiger partial charge in [-0.3, -0.25) is 14.4 Å². The average molecular weight is 579 g/mol. The summed E-state index contributed by atoms with van der Waals surface area (Å²) in [6, 6.07) is 21.6. The van der Waals surface area contributed by atoms with Crippen LogP contribution in [0.4, 0.5) is 0 Å². The highest BCUT2D eigenvalue weighted by atomic mass is 32.1. The zero-order valence-corrected chi connectivity index (χ0v) is 24.7. The van der Waals surface area contributed by atoms with Gasteiger partial charge in [0.15, 0.2) is 0 Å². The fraction of sp³-hybridized carbons (Fsp3) is 0.206. The Morgan fingerprint density at radius 1 is 0.929 bits per heavy atom. The van der Waals surface area contributed by atoms with Crippen LogP contribution in [0.15, 0.2) is 89.8 Å². The van der Waals surface area contributed by atoms with Gasteiger partial charge in [0, 0.05) is 42.6 Å². The summed E-state index contributed by atoms with van der Waals surface area (Å²) in [5.74, 6) is -1.36. The van der Waals surface area contributed by atoms with Gasteiger partial charge >= 0.3 is 0 Å². The molecule has 7 nitrogen and oxygen atoms in total. The zero-order chi connectivity index (χ0) is 29.8. The number of aryl methyl sites for hydroxylation is 2. The highest BCUT2D eigenvalue weighted by Crippen LogP contribution is 2.24. The lowest BCUT2D eigenvalue weighted by Crippen LogP contribution is -2.54. The van der Waals surface area contributed by atoms with Crippen molar-refractivity contribution in [2.45, 2.75) is 38.8 Å². The van der Waals surface area contributed by atoms with E-state index in [1.54, 1.807) is 18.4 Å². The maximum Gasteiger partial charge on any atom is 0.254 e. The summed E-state index contributed by atoms with van der Waals surface area (Å²) in [4.78, 5) is 44.8. The molecule has 0 aliphatic carbocycles. The van der Waals surface area contributed by atoms with E-state index in [0.717, 1.165) is 44.3 Å². The summed E-state index contributed by atoms with van der Waals surface area (Å²) in [6.45, 7) is 3.87. The number of carbonyl (C=O) groups is 3. The summed E-state index contributed by atoms with van der Waals surface area (Å²) < 4.78 is 0. The topological polar surface area (TPSA) is 108 Å². The summed E-state index contributed by atoms with van der Waals surface area (Å²) in [5.41, 5.74) is 13.1. The molecular weight excluding hydrogens is 544 g/mol. The molecule has 2 heterocycles. The Hall–Kier alpha value is -4.69. The Kier molecular flexibility index (Phi) is 8.54. The molecule has 2 aromatic heterocycles. The molecule has 3 aromatic carbocycles. The number of aromatic nitrogens is 1. The largest absolute Gasteiger partial charge is 0.368 e. The maximum atomic E-state index is 13.9. The lowest BCUT2D eigenvalue weighted by molar-refractivity contribution is -0.130. The number of primary amides is 1. The third kappa shape index (κ3) is 6.44. The fourth-order valence-corrected chi connectivity index (χ4v) is 6.01. The number of H-pyrrole nitrogens is 1.